The smallest absolute Gasteiger partial charge is 0.433 e. The maximum atomic E-state index is 12.4. The monoisotopic (exact) mass is 273 g/mol. The molecule has 0 bridgehead atoms. The Balaban J connectivity index is 2.34. The van der Waals surface area contributed by atoms with Gasteiger partial charge in [0.1, 0.15) is 5.69 Å². The molecule has 0 radical (unpaired) electrons. The van der Waals surface area contributed by atoms with Crippen molar-refractivity contribution in [2.75, 3.05) is 7.11 Å². The molecule has 0 aliphatic heterocycles. The van der Waals surface area contributed by atoms with Gasteiger partial charge in [0.25, 0.3) is 0 Å². The Labute approximate surface area is 106 Å². The Morgan fingerprint density at radius 2 is 2.11 bits per heavy atom. The Hall–Kier alpha value is -2.09. The molecule has 0 aromatic carbocycles. The van der Waals surface area contributed by atoms with E-state index in [0.717, 1.165) is 12.3 Å². The van der Waals surface area contributed by atoms with E-state index in [1.54, 1.807) is 0 Å². The third-order valence-corrected chi connectivity index (χ3v) is 2.42. The lowest BCUT2D eigenvalue weighted by Crippen LogP contribution is -2.08. The second-order valence-electron chi connectivity index (χ2n) is 3.67. The highest BCUT2D eigenvalue weighted by molar-refractivity contribution is 5.33. The van der Waals surface area contributed by atoms with E-state index in [-0.39, 0.29) is 12.5 Å². The highest BCUT2D eigenvalue weighted by atomic mass is 19.4. The fourth-order valence-corrected chi connectivity index (χ4v) is 1.50. The van der Waals surface area contributed by atoms with Gasteiger partial charge in [-0.1, -0.05) is 0 Å². The first-order valence-electron chi connectivity index (χ1n) is 5.22. The van der Waals surface area contributed by atoms with Crippen LogP contribution in [0.25, 0.3) is 5.69 Å². The van der Waals surface area contributed by atoms with E-state index >= 15 is 0 Å². The van der Waals surface area contributed by atoms with E-state index in [4.69, 9.17) is 9.84 Å². The minimum Gasteiger partial charge on any atom is -0.480 e. The minimum atomic E-state index is -4.48. The van der Waals surface area contributed by atoms with E-state index < -0.39 is 11.9 Å². The SMILES string of the molecule is COc1nn(-c2ccc(C(F)(F)F)nc2)cc1CO. The van der Waals surface area contributed by atoms with Gasteiger partial charge in [0.05, 0.1) is 31.2 Å². The Morgan fingerprint density at radius 3 is 2.53 bits per heavy atom. The zero-order chi connectivity index (χ0) is 14.0. The molecule has 0 fully saturated rings. The molecule has 0 saturated carbocycles. The van der Waals surface area contributed by atoms with Gasteiger partial charge in [-0.25, -0.2) is 9.67 Å². The number of ether oxygens (including phenoxy) is 1. The van der Waals surface area contributed by atoms with Crippen LogP contribution in [-0.4, -0.2) is 27.0 Å². The molecule has 2 heterocycles. The molecule has 0 spiro atoms. The summed E-state index contributed by atoms with van der Waals surface area (Å²) in [6.07, 6.45) is -1.96. The molecule has 0 aliphatic rings. The first kappa shape index (κ1) is 13.3. The molecule has 19 heavy (non-hydrogen) atoms. The molecule has 0 aliphatic carbocycles. The van der Waals surface area contributed by atoms with Gasteiger partial charge in [-0.05, 0) is 12.1 Å². The van der Waals surface area contributed by atoms with Crippen LogP contribution in [0.2, 0.25) is 0 Å². The van der Waals surface area contributed by atoms with Crippen molar-refractivity contribution in [3.63, 3.8) is 0 Å². The van der Waals surface area contributed by atoms with Gasteiger partial charge in [0.15, 0.2) is 0 Å². The van der Waals surface area contributed by atoms with Crippen molar-refractivity contribution >= 4 is 0 Å². The van der Waals surface area contributed by atoms with Gasteiger partial charge in [-0.15, -0.1) is 5.10 Å². The summed E-state index contributed by atoms with van der Waals surface area (Å²) >= 11 is 0. The molecule has 102 valence electrons. The molecule has 0 amide bonds. The van der Waals surface area contributed by atoms with Crippen LogP contribution in [0.5, 0.6) is 5.88 Å². The molecule has 1 N–H and O–H groups in total. The zero-order valence-electron chi connectivity index (χ0n) is 9.85. The molecule has 5 nitrogen and oxygen atoms in total. The Bertz CT molecular complexity index is 542. The van der Waals surface area contributed by atoms with Crippen molar-refractivity contribution in [2.45, 2.75) is 12.8 Å². The normalized spacial score (nSPS) is 11.6. The highest BCUT2D eigenvalue weighted by Gasteiger charge is 2.32. The number of pyridine rings is 1. The summed E-state index contributed by atoms with van der Waals surface area (Å²) in [5.41, 5.74) is -0.203. The predicted molar refractivity (Wildman–Crippen MR) is 58.8 cm³/mol. The number of nitrogens with zero attached hydrogens (tertiary/aromatic N) is 3. The number of aliphatic hydroxyl groups is 1. The van der Waals surface area contributed by atoms with Crippen LogP contribution in [0.3, 0.4) is 0 Å². The van der Waals surface area contributed by atoms with Crippen LogP contribution in [0.4, 0.5) is 13.2 Å². The van der Waals surface area contributed by atoms with Crippen molar-refractivity contribution in [1.82, 2.24) is 14.8 Å². The van der Waals surface area contributed by atoms with Crippen LogP contribution in [0.15, 0.2) is 24.5 Å². The van der Waals surface area contributed by atoms with Gasteiger partial charge in [-0.2, -0.15) is 13.2 Å². The number of halogens is 3. The average molecular weight is 273 g/mol. The van der Waals surface area contributed by atoms with Crippen LogP contribution in [0.1, 0.15) is 11.3 Å². The number of hydrogen-bond acceptors (Lipinski definition) is 4. The fourth-order valence-electron chi connectivity index (χ4n) is 1.50. The van der Waals surface area contributed by atoms with Gasteiger partial charge < -0.3 is 9.84 Å². The third kappa shape index (κ3) is 2.68. The summed E-state index contributed by atoms with van der Waals surface area (Å²) in [6.45, 7) is -0.281. The largest absolute Gasteiger partial charge is 0.480 e. The van der Waals surface area contributed by atoms with Gasteiger partial charge in [-0.3, -0.25) is 0 Å². The lowest BCUT2D eigenvalue weighted by molar-refractivity contribution is -0.141. The number of rotatable bonds is 3. The third-order valence-electron chi connectivity index (χ3n) is 2.42. The van der Waals surface area contributed by atoms with E-state index in [1.807, 2.05) is 0 Å². The molecule has 0 saturated heterocycles. The van der Waals surface area contributed by atoms with E-state index in [1.165, 1.54) is 24.1 Å². The Morgan fingerprint density at radius 1 is 1.37 bits per heavy atom. The van der Waals surface area contributed by atoms with Crippen molar-refractivity contribution in [2.24, 2.45) is 0 Å². The van der Waals surface area contributed by atoms with E-state index in [9.17, 15) is 13.2 Å². The number of alkyl halides is 3. The van der Waals surface area contributed by atoms with Crippen molar-refractivity contribution < 1.29 is 23.0 Å². The summed E-state index contributed by atoms with van der Waals surface area (Å²) in [4.78, 5) is 3.33. The van der Waals surface area contributed by atoms with Crippen molar-refractivity contribution in [3.05, 3.63) is 35.8 Å². The lowest BCUT2D eigenvalue weighted by Gasteiger charge is -2.06. The standard InChI is InChI=1S/C11H10F3N3O2/c1-19-10-7(6-18)5-17(16-10)8-2-3-9(15-4-8)11(12,13)14/h2-5,18H,6H2,1H3. The zero-order valence-corrected chi connectivity index (χ0v) is 9.85. The summed E-state index contributed by atoms with van der Waals surface area (Å²) in [7, 11) is 1.39. The van der Waals surface area contributed by atoms with Crippen LogP contribution < -0.4 is 4.74 Å². The van der Waals surface area contributed by atoms with Gasteiger partial charge in [0, 0.05) is 6.20 Å². The van der Waals surface area contributed by atoms with Crippen LogP contribution in [0, 0.1) is 0 Å². The predicted octanol–water partition coefficient (Wildman–Crippen LogP) is 1.79. The molecule has 2 aromatic rings. The van der Waals surface area contributed by atoms with Crippen molar-refractivity contribution in [1.29, 1.82) is 0 Å². The number of methoxy groups -OCH3 is 1. The highest BCUT2D eigenvalue weighted by Crippen LogP contribution is 2.27. The second-order valence-corrected chi connectivity index (χ2v) is 3.67. The topological polar surface area (TPSA) is 60.2 Å². The average Bonchev–Trinajstić information content (AvgIpc) is 2.81. The molecular formula is C11H10F3N3O2. The number of aromatic nitrogens is 3. The first-order valence-corrected chi connectivity index (χ1v) is 5.22. The van der Waals surface area contributed by atoms with Crippen LogP contribution >= 0.6 is 0 Å². The molecule has 2 rings (SSSR count). The van der Waals surface area contributed by atoms with E-state index in [2.05, 4.69) is 10.1 Å². The first-order chi connectivity index (χ1) is 8.95. The minimum absolute atomic E-state index is 0.211. The van der Waals surface area contributed by atoms with Gasteiger partial charge >= 0.3 is 6.18 Å². The summed E-state index contributed by atoms with van der Waals surface area (Å²) in [5.74, 6) is 0.211. The molecule has 8 heteroatoms. The quantitative estimate of drug-likeness (QED) is 0.926. The molecule has 2 aromatic heterocycles. The lowest BCUT2D eigenvalue weighted by atomic mass is 10.3. The summed E-state index contributed by atoms with van der Waals surface area (Å²) < 4.78 is 43.3. The number of hydrogen-bond donors (Lipinski definition) is 1. The van der Waals surface area contributed by atoms with Crippen LogP contribution in [-0.2, 0) is 12.8 Å². The maximum absolute atomic E-state index is 12.4. The number of aliphatic hydroxyl groups excluding tert-OH is 1. The fraction of sp³-hybridized carbons (Fsp3) is 0.273. The summed E-state index contributed by atoms with van der Waals surface area (Å²) in [6, 6.07) is 2.10. The van der Waals surface area contributed by atoms with Gasteiger partial charge in [0.2, 0.25) is 5.88 Å². The van der Waals surface area contributed by atoms with Crippen molar-refractivity contribution in [3.8, 4) is 11.6 Å². The maximum Gasteiger partial charge on any atom is 0.433 e. The molecule has 0 unspecified atom stereocenters. The summed E-state index contributed by atoms with van der Waals surface area (Å²) in [5, 5.41) is 13.0. The Kier molecular flexibility index (Phi) is 3.43. The second kappa shape index (κ2) is 4.88. The van der Waals surface area contributed by atoms with E-state index in [0.29, 0.717) is 11.3 Å². The molecule has 0 atom stereocenters. The molecular weight excluding hydrogens is 263 g/mol.